The third-order valence-corrected chi connectivity index (χ3v) is 5.35. The van der Waals surface area contributed by atoms with Crippen LogP contribution in [0.2, 0.25) is 0 Å². The van der Waals surface area contributed by atoms with Crippen LogP contribution in [0.5, 0.6) is 0 Å². The summed E-state index contributed by atoms with van der Waals surface area (Å²) < 4.78 is 21.1. The largest absolute Gasteiger partial charge is 0.382 e. The van der Waals surface area contributed by atoms with Gasteiger partial charge in [0.2, 0.25) is 0 Å². The van der Waals surface area contributed by atoms with Crippen molar-refractivity contribution >= 4 is 5.91 Å². The van der Waals surface area contributed by atoms with Crippen LogP contribution in [0, 0.1) is 13.8 Å². The first-order valence-corrected chi connectivity index (χ1v) is 10.2. The number of likely N-dealkylation sites (tertiary alicyclic amines) is 1. The van der Waals surface area contributed by atoms with Crippen molar-refractivity contribution in [1.82, 2.24) is 20.0 Å². The van der Waals surface area contributed by atoms with Gasteiger partial charge in [0, 0.05) is 45.0 Å². The maximum atomic E-state index is 13.0. The number of carbonyl (C=O) groups excluding carboxylic acids is 1. The van der Waals surface area contributed by atoms with Gasteiger partial charge in [0.15, 0.2) is 5.69 Å². The van der Waals surface area contributed by atoms with Gasteiger partial charge in [0.05, 0.1) is 37.7 Å². The fraction of sp³-hybridized carbons (Fsp3) is 0.619. The first kappa shape index (κ1) is 22.3. The summed E-state index contributed by atoms with van der Waals surface area (Å²) in [6.45, 7) is 6.78. The summed E-state index contributed by atoms with van der Waals surface area (Å²) in [4.78, 5) is 23.8. The summed E-state index contributed by atoms with van der Waals surface area (Å²) in [5.41, 5.74) is 3.07. The average molecular weight is 418 g/mol. The van der Waals surface area contributed by atoms with E-state index in [4.69, 9.17) is 23.7 Å². The van der Waals surface area contributed by atoms with Crippen LogP contribution >= 0.6 is 0 Å². The molecule has 3 heterocycles. The number of hydrogen-bond acceptors (Lipinski definition) is 8. The Bertz CT molecular complexity index is 846. The molecule has 0 aromatic carbocycles. The highest BCUT2D eigenvalue weighted by Gasteiger charge is 2.30. The highest BCUT2D eigenvalue weighted by atomic mass is 16.5. The molecule has 0 bridgehead atoms. The van der Waals surface area contributed by atoms with Crippen molar-refractivity contribution in [2.24, 2.45) is 0 Å². The van der Waals surface area contributed by atoms with Crippen molar-refractivity contribution in [3.63, 3.8) is 0 Å². The van der Waals surface area contributed by atoms with Gasteiger partial charge in [-0.3, -0.25) is 4.79 Å². The molecule has 1 aliphatic heterocycles. The van der Waals surface area contributed by atoms with Gasteiger partial charge >= 0.3 is 0 Å². The van der Waals surface area contributed by atoms with Crippen molar-refractivity contribution in [2.45, 2.75) is 45.8 Å². The molecule has 30 heavy (non-hydrogen) atoms. The van der Waals surface area contributed by atoms with Gasteiger partial charge in [-0.05, 0) is 26.7 Å². The molecule has 1 amide bonds. The first-order chi connectivity index (χ1) is 14.5. The van der Waals surface area contributed by atoms with Crippen molar-refractivity contribution < 1.29 is 23.5 Å². The third-order valence-electron chi connectivity index (χ3n) is 5.35. The van der Waals surface area contributed by atoms with Crippen LogP contribution in [0.25, 0.3) is 0 Å². The van der Waals surface area contributed by atoms with Crippen molar-refractivity contribution in [3.8, 4) is 0 Å². The highest BCUT2D eigenvalue weighted by Crippen LogP contribution is 2.30. The number of aryl methyl sites for hydroxylation is 2. The second-order valence-electron chi connectivity index (χ2n) is 7.44. The lowest BCUT2D eigenvalue weighted by Crippen LogP contribution is -2.39. The standard InChI is InChI=1S/C21H30N4O5/c1-14-18(13-28-4)20(24-30-14)21(26)25-7-5-16(6-8-25)19-17(11-22-15(2)23-19)12-29-10-9-27-3/h11,16H,5-10,12-13H2,1-4H3. The molecule has 164 valence electrons. The Morgan fingerprint density at radius 2 is 1.93 bits per heavy atom. The number of rotatable bonds is 9. The Labute approximate surface area is 176 Å². The number of piperidine rings is 1. The van der Waals surface area contributed by atoms with E-state index in [-0.39, 0.29) is 11.8 Å². The van der Waals surface area contributed by atoms with Gasteiger partial charge in [-0.2, -0.15) is 0 Å². The van der Waals surface area contributed by atoms with Gasteiger partial charge in [0.1, 0.15) is 11.6 Å². The zero-order valence-electron chi connectivity index (χ0n) is 18.1. The number of nitrogens with zero attached hydrogens (tertiary/aromatic N) is 4. The van der Waals surface area contributed by atoms with Crippen LogP contribution < -0.4 is 0 Å². The minimum atomic E-state index is -0.112. The van der Waals surface area contributed by atoms with Crippen LogP contribution in [-0.4, -0.2) is 66.5 Å². The zero-order valence-corrected chi connectivity index (χ0v) is 18.1. The highest BCUT2D eigenvalue weighted by molar-refractivity contribution is 5.93. The number of methoxy groups -OCH3 is 2. The lowest BCUT2D eigenvalue weighted by molar-refractivity contribution is 0.0603. The molecule has 9 heteroatoms. The summed E-state index contributed by atoms with van der Waals surface area (Å²) in [5, 5.41) is 3.97. The molecular formula is C21H30N4O5. The van der Waals surface area contributed by atoms with Gasteiger partial charge in [-0.25, -0.2) is 9.97 Å². The quantitative estimate of drug-likeness (QED) is 0.573. The molecule has 0 saturated carbocycles. The zero-order chi connectivity index (χ0) is 21.5. The summed E-state index contributed by atoms with van der Waals surface area (Å²) in [6.07, 6.45) is 3.49. The maximum Gasteiger partial charge on any atom is 0.276 e. The molecule has 0 spiro atoms. The third kappa shape index (κ3) is 5.21. The van der Waals surface area contributed by atoms with Gasteiger partial charge < -0.3 is 23.6 Å². The summed E-state index contributed by atoms with van der Waals surface area (Å²) in [6, 6.07) is 0. The van der Waals surface area contributed by atoms with Gasteiger partial charge in [-0.15, -0.1) is 0 Å². The van der Waals surface area contributed by atoms with Crippen LogP contribution in [0.1, 0.15) is 57.7 Å². The molecule has 2 aromatic heterocycles. The number of carbonyl (C=O) groups is 1. The summed E-state index contributed by atoms with van der Waals surface area (Å²) >= 11 is 0. The molecule has 0 N–H and O–H groups in total. The molecule has 1 fully saturated rings. The Balaban J connectivity index is 1.65. The first-order valence-electron chi connectivity index (χ1n) is 10.2. The minimum absolute atomic E-state index is 0.112. The molecule has 0 atom stereocenters. The normalized spacial score (nSPS) is 15.0. The molecule has 9 nitrogen and oxygen atoms in total. The van der Waals surface area contributed by atoms with Crippen LogP contribution in [0.3, 0.4) is 0 Å². The number of aromatic nitrogens is 3. The predicted molar refractivity (Wildman–Crippen MR) is 108 cm³/mol. The molecule has 3 rings (SSSR count). The van der Waals surface area contributed by atoms with Gasteiger partial charge in [0.25, 0.3) is 5.91 Å². The van der Waals surface area contributed by atoms with E-state index in [0.717, 1.165) is 29.9 Å². The van der Waals surface area contributed by atoms with E-state index in [1.165, 1.54) is 0 Å². The Hall–Kier alpha value is -2.36. The summed E-state index contributed by atoms with van der Waals surface area (Å²) in [7, 11) is 3.24. The second kappa shape index (κ2) is 10.6. The van der Waals surface area contributed by atoms with Crippen molar-refractivity contribution in [1.29, 1.82) is 0 Å². The Kier molecular flexibility index (Phi) is 7.89. The summed E-state index contributed by atoms with van der Waals surface area (Å²) in [5.74, 6) is 1.50. The molecule has 1 saturated heterocycles. The monoisotopic (exact) mass is 418 g/mol. The average Bonchev–Trinajstić information content (AvgIpc) is 3.12. The van der Waals surface area contributed by atoms with Crippen LogP contribution in [0.15, 0.2) is 10.7 Å². The minimum Gasteiger partial charge on any atom is -0.382 e. The fourth-order valence-electron chi connectivity index (χ4n) is 3.68. The van der Waals surface area contributed by atoms with E-state index in [0.29, 0.717) is 56.5 Å². The smallest absolute Gasteiger partial charge is 0.276 e. The van der Waals surface area contributed by atoms with E-state index in [9.17, 15) is 4.79 Å². The van der Waals surface area contributed by atoms with Gasteiger partial charge in [-0.1, -0.05) is 5.16 Å². The molecule has 0 aliphatic carbocycles. The molecule has 0 unspecified atom stereocenters. The van der Waals surface area contributed by atoms with Crippen LogP contribution in [0.4, 0.5) is 0 Å². The van der Waals surface area contributed by atoms with E-state index in [2.05, 4.69) is 10.1 Å². The van der Waals surface area contributed by atoms with E-state index in [1.54, 1.807) is 21.1 Å². The lowest BCUT2D eigenvalue weighted by Gasteiger charge is -2.32. The Morgan fingerprint density at radius 3 is 2.63 bits per heavy atom. The molecule has 2 aromatic rings. The van der Waals surface area contributed by atoms with E-state index < -0.39 is 0 Å². The number of hydrogen-bond donors (Lipinski definition) is 0. The topological polar surface area (TPSA) is 99.8 Å². The van der Waals surface area contributed by atoms with Crippen molar-refractivity contribution in [2.75, 3.05) is 40.5 Å². The molecular weight excluding hydrogens is 388 g/mol. The van der Waals surface area contributed by atoms with E-state index >= 15 is 0 Å². The molecule has 0 radical (unpaired) electrons. The maximum absolute atomic E-state index is 13.0. The lowest BCUT2D eigenvalue weighted by atomic mass is 9.90. The van der Waals surface area contributed by atoms with E-state index in [1.807, 2.05) is 18.0 Å². The number of ether oxygens (including phenoxy) is 3. The SMILES string of the molecule is COCCOCc1cnc(C)nc1C1CCN(C(=O)c2noc(C)c2COC)CC1. The molecule has 1 aliphatic rings. The number of amides is 1. The van der Waals surface area contributed by atoms with Crippen molar-refractivity contribution in [3.05, 3.63) is 40.3 Å². The predicted octanol–water partition coefficient (Wildman–Crippen LogP) is 2.41. The van der Waals surface area contributed by atoms with Crippen LogP contribution in [-0.2, 0) is 27.4 Å². The second-order valence-corrected chi connectivity index (χ2v) is 7.44. The Morgan fingerprint density at radius 1 is 1.17 bits per heavy atom. The fourth-order valence-corrected chi connectivity index (χ4v) is 3.68.